The summed E-state index contributed by atoms with van der Waals surface area (Å²) in [6.45, 7) is 3.13. The first kappa shape index (κ1) is 16.4. The smallest absolute Gasteiger partial charge is 0.224 e. The number of ether oxygens (including phenoxy) is 1. The Bertz CT molecular complexity index is 687. The molecule has 2 aromatic rings. The number of carbonyl (C=O) groups is 1. The molecule has 1 amide bonds. The summed E-state index contributed by atoms with van der Waals surface area (Å²) in [5.74, 6) is 0.718. The van der Waals surface area contributed by atoms with Crippen LogP contribution in [0.2, 0.25) is 0 Å². The SMILES string of the molecule is Cc1c(CC(=O)N[C@H]2CCOC[C@H]2Nc2ccncn2)cnn1C. The Labute approximate surface area is 140 Å². The van der Waals surface area contributed by atoms with E-state index in [0.717, 1.165) is 23.5 Å². The van der Waals surface area contributed by atoms with E-state index in [4.69, 9.17) is 4.74 Å². The Balaban J connectivity index is 1.61. The minimum atomic E-state index is -0.0207. The van der Waals surface area contributed by atoms with Crippen molar-refractivity contribution in [3.05, 3.63) is 36.0 Å². The van der Waals surface area contributed by atoms with Crippen LogP contribution in [0.25, 0.3) is 0 Å². The summed E-state index contributed by atoms with van der Waals surface area (Å²) in [4.78, 5) is 20.5. The number of rotatable bonds is 5. The summed E-state index contributed by atoms with van der Waals surface area (Å²) in [6, 6.07) is 1.78. The molecule has 24 heavy (non-hydrogen) atoms. The van der Waals surface area contributed by atoms with Gasteiger partial charge in [0, 0.05) is 31.1 Å². The van der Waals surface area contributed by atoms with Crippen LogP contribution in [0.5, 0.6) is 0 Å². The molecular weight excluding hydrogens is 308 g/mol. The van der Waals surface area contributed by atoms with Crippen molar-refractivity contribution in [2.45, 2.75) is 31.8 Å². The summed E-state index contributed by atoms with van der Waals surface area (Å²) in [5, 5.41) is 10.6. The second kappa shape index (κ2) is 7.39. The lowest BCUT2D eigenvalue weighted by Crippen LogP contribution is -2.52. The maximum Gasteiger partial charge on any atom is 0.224 e. The number of aryl methyl sites for hydroxylation is 1. The van der Waals surface area contributed by atoms with Gasteiger partial charge in [-0.2, -0.15) is 5.10 Å². The Kier molecular flexibility index (Phi) is 5.05. The third-order valence-electron chi connectivity index (χ3n) is 4.31. The van der Waals surface area contributed by atoms with Gasteiger partial charge in [0.05, 0.1) is 31.3 Å². The summed E-state index contributed by atoms with van der Waals surface area (Å²) < 4.78 is 7.31. The van der Waals surface area contributed by atoms with Crippen molar-refractivity contribution < 1.29 is 9.53 Å². The molecule has 0 spiro atoms. The van der Waals surface area contributed by atoms with E-state index in [1.54, 1.807) is 23.1 Å². The lowest BCUT2D eigenvalue weighted by molar-refractivity contribution is -0.121. The van der Waals surface area contributed by atoms with Gasteiger partial charge in [-0.15, -0.1) is 0 Å². The van der Waals surface area contributed by atoms with Crippen molar-refractivity contribution in [2.75, 3.05) is 18.5 Å². The average molecular weight is 330 g/mol. The molecule has 1 aliphatic rings. The second-order valence-corrected chi connectivity index (χ2v) is 5.94. The van der Waals surface area contributed by atoms with E-state index >= 15 is 0 Å². The van der Waals surface area contributed by atoms with Gasteiger partial charge in [-0.1, -0.05) is 0 Å². The van der Waals surface area contributed by atoms with Gasteiger partial charge >= 0.3 is 0 Å². The van der Waals surface area contributed by atoms with Gasteiger partial charge in [-0.3, -0.25) is 9.48 Å². The minimum Gasteiger partial charge on any atom is -0.379 e. The van der Waals surface area contributed by atoms with Gasteiger partial charge < -0.3 is 15.4 Å². The van der Waals surface area contributed by atoms with Crippen molar-refractivity contribution in [1.82, 2.24) is 25.1 Å². The maximum atomic E-state index is 12.4. The third kappa shape index (κ3) is 3.88. The first-order valence-corrected chi connectivity index (χ1v) is 8.00. The normalized spacial score (nSPS) is 20.6. The summed E-state index contributed by atoms with van der Waals surface area (Å²) in [7, 11) is 1.87. The maximum absolute atomic E-state index is 12.4. The molecule has 0 bridgehead atoms. The topological polar surface area (TPSA) is 94.0 Å². The zero-order chi connectivity index (χ0) is 16.9. The van der Waals surface area contributed by atoms with E-state index in [0.29, 0.717) is 19.6 Å². The third-order valence-corrected chi connectivity index (χ3v) is 4.31. The fourth-order valence-electron chi connectivity index (χ4n) is 2.77. The number of carbonyl (C=O) groups excluding carboxylic acids is 1. The molecule has 0 aromatic carbocycles. The van der Waals surface area contributed by atoms with Crippen molar-refractivity contribution in [1.29, 1.82) is 0 Å². The van der Waals surface area contributed by atoms with Crippen molar-refractivity contribution in [2.24, 2.45) is 7.05 Å². The Hall–Kier alpha value is -2.48. The highest BCUT2D eigenvalue weighted by Crippen LogP contribution is 2.14. The molecule has 0 unspecified atom stereocenters. The highest BCUT2D eigenvalue weighted by molar-refractivity contribution is 5.79. The van der Waals surface area contributed by atoms with Gasteiger partial charge in [-0.05, 0) is 19.4 Å². The van der Waals surface area contributed by atoms with E-state index in [9.17, 15) is 4.79 Å². The van der Waals surface area contributed by atoms with Crippen LogP contribution in [-0.2, 0) is 23.0 Å². The van der Waals surface area contributed by atoms with Gasteiger partial charge in [0.1, 0.15) is 12.1 Å². The zero-order valence-electron chi connectivity index (χ0n) is 13.9. The number of anilines is 1. The molecular formula is C16H22N6O2. The molecule has 3 rings (SSSR count). The molecule has 0 aliphatic carbocycles. The van der Waals surface area contributed by atoms with E-state index < -0.39 is 0 Å². The zero-order valence-corrected chi connectivity index (χ0v) is 13.9. The van der Waals surface area contributed by atoms with Crippen LogP contribution in [0.15, 0.2) is 24.8 Å². The van der Waals surface area contributed by atoms with Crippen LogP contribution >= 0.6 is 0 Å². The molecule has 2 aromatic heterocycles. The van der Waals surface area contributed by atoms with Crippen LogP contribution in [0.1, 0.15) is 17.7 Å². The number of hydrogen-bond acceptors (Lipinski definition) is 6. The average Bonchev–Trinajstić information content (AvgIpc) is 2.90. The molecule has 8 heteroatoms. The Morgan fingerprint density at radius 2 is 2.33 bits per heavy atom. The van der Waals surface area contributed by atoms with E-state index in [-0.39, 0.29) is 18.0 Å². The summed E-state index contributed by atoms with van der Waals surface area (Å²) >= 11 is 0. The lowest BCUT2D eigenvalue weighted by Gasteiger charge is -2.33. The number of aromatic nitrogens is 4. The van der Waals surface area contributed by atoms with Crippen molar-refractivity contribution in [3.8, 4) is 0 Å². The van der Waals surface area contributed by atoms with E-state index in [1.165, 1.54) is 6.33 Å². The molecule has 8 nitrogen and oxygen atoms in total. The number of nitrogens with one attached hydrogen (secondary N) is 2. The fourth-order valence-corrected chi connectivity index (χ4v) is 2.77. The molecule has 1 saturated heterocycles. The Morgan fingerprint density at radius 1 is 1.46 bits per heavy atom. The molecule has 3 heterocycles. The first-order chi connectivity index (χ1) is 11.6. The van der Waals surface area contributed by atoms with Crippen LogP contribution in [0.4, 0.5) is 5.82 Å². The van der Waals surface area contributed by atoms with Crippen molar-refractivity contribution >= 4 is 11.7 Å². The van der Waals surface area contributed by atoms with Gasteiger partial charge in [0.2, 0.25) is 5.91 Å². The van der Waals surface area contributed by atoms with Crippen molar-refractivity contribution in [3.63, 3.8) is 0 Å². The lowest BCUT2D eigenvalue weighted by atomic mass is 10.0. The molecule has 0 radical (unpaired) electrons. The Morgan fingerprint density at radius 3 is 3.04 bits per heavy atom. The minimum absolute atomic E-state index is 0.00167. The highest BCUT2D eigenvalue weighted by atomic mass is 16.5. The van der Waals surface area contributed by atoms with E-state index in [1.807, 2.05) is 14.0 Å². The van der Waals surface area contributed by atoms with Gasteiger partial charge in [-0.25, -0.2) is 9.97 Å². The molecule has 2 N–H and O–H groups in total. The monoisotopic (exact) mass is 330 g/mol. The van der Waals surface area contributed by atoms with Crippen LogP contribution in [0, 0.1) is 6.92 Å². The molecule has 128 valence electrons. The fraction of sp³-hybridized carbons (Fsp3) is 0.500. The molecule has 1 fully saturated rings. The predicted octanol–water partition coefficient (Wildman–Crippen LogP) is 0.447. The standard InChI is InChI=1S/C16H22N6O2/c1-11-12(8-19-22(11)2)7-16(23)21-13-4-6-24-9-14(13)20-15-3-5-17-10-18-15/h3,5,8,10,13-14H,4,6-7,9H2,1-2H3,(H,21,23)(H,17,18,20)/t13-,14+/m0/s1. The highest BCUT2D eigenvalue weighted by Gasteiger charge is 2.27. The number of hydrogen-bond donors (Lipinski definition) is 2. The predicted molar refractivity (Wildman–Crippen MR) is 88.5 cm³/mol. The summed E-state index contributed by atoms with van der Waals surface area (Å²) in [6.07, 6.45) is 6.01. The van der Waals surface area contributed by atoms with Gasteiger partial charge in [0.25, 0.3) is 0 Å². The number of nitrogens with zero attached hydrogens (tertiary/aromatic N) is 4. The summed E-state index contributed by atoms with van der Waals surface area (Å²) in [5.41, 5.74) is 1.95. The first-order valence-electron chi connectivity index (χ1n) is 8.00. The van der Waals surface area contributed by atoms with Crippen LogP contribution < -0.4 is 10.6 Å². The largest absolute Gasteiger partial charge is 0.379 e. The molecule has 1 aliphatic heterocycles. The number of amides is 1. The van der Waals surface area contributed by atoms with Crippen LogP contribution in [-0.4, -0.2) is 51.0 Å². The molecule has 0 saturated carbocycles. The second-order valence-electron chi connectivity index (χ2n) is 5.94. The molecule has 2 atom stereocenters. The van der Waals surface area contributed by atoms with Crippen LogP contribution in [0.3, 0.4) is 0 Å². The van der Waals surface area contributed by atoms with E-state index in [2.05, 4.69) is 25.7 Å². The quantitative estimate of drug-likeness (QED) is 0.826. The van der Waals surface area contributed by atoms with Gasteiger partial charge in [0.15, 0.2) is 0 Å².